The van der Waals surface area contributed by atoms with Crippen molar-refractivity contribution in [3.63, 3.8) is 0 Å². The average molecular weight is 410 g/mol. The lowest BCUT2D eigenvalue weighted by atomic mass is 10.2. The second-order valence-electron chi connectivity index (χ2n) is 7.06. The molecule has 1 rings (SSSR count). The second-order valence-corrected chi connectivity index (χ2v) is 7.49. The maximum atomic E-state index is 11.7. The summed E-state index contributed by atoms with van der Waals surface area (Å²) >= 11 is 5.80. The number of rotatable bonds is 9. The topological polar surface area (TPSA) is 96.5 Å². The highest BCUT2D eigenvalue weighted by atomic mass is 35.5. The summed E-state index contributed by atoms with van der Waals surface area (Å²) in [4.78, 5) is 34.8. The maximum absolute atomic E-state index is 11.7. The van der Waals surface area contributed by atoms with Crippen LogP contribution in [0.5, 0.6) is 0 Å². The summed E-state index contributed by atoms with van der Waals surface area (Å²) in [6.07, 6.45) is 3.37. The Balaban J connectivity index is 2.08. The largest absolute Gasteiger partial charge is 0.444 e. The molecule has 0 aliphatic rings. The molecule has 1 aromatic rings. The van der Waals surface area contributed by atoms with Gasteiger partial charge in [-0.2, -0.15) is 0 Å². The number of alkyl carbamates (subject to hydrolysis) is 1. The number of ether oxygens (including phenoxy) is 1. The molecule has 8 heteroatoms. The number of amides is 3. The van der Waals surface area contributed by atoms with Crippen molar-refractivity contribution in [2.24, 2.45) is 0 Å². The van der Waals surface area contributed by atoms with Crippen LogP contribution in [0, 0.1) is 0 Å². The van der Waals surface area contributed by atoms with Gasteiger partial charge in [-0.3, -0.25) is 9.59 Å². The van der Waals surface area contributed by atoms with Crippen molar-refractivity contribution < 1.29 is 19.1 Å². The first-order valence-corrected chi connectivity index (χ1v) is 9.48. The smallest absolute Gasteiger partial charge is 0.407 e. The van der Waals surface area contributed by atoms with Gasteiger partial charge in [0.2, 0.25) is 11.8 Å². The Hall–Kier alpha value is -2.54. The Morgan fingerprint density at radius 3 is 2.29 bits per heavy atom. The third-order valence-electron chi connectivity index (χ3n) is 3.29. The molecule has 0 radical (unpaired) electrons. The molecule has 7 nitrogen and oxygen atoms in total. The molecule has 0 spiro atoms. The number of hydrogen-bond acceptors (Lipinski definition) is 4. The molecule has 3 amide bonds. The van der Waals surface area contributed by atoms with Gasteiger partial charge >= 0.3 is 6.09 Å². The summed E-state index contributed by atoms with van der Waals surface area (Å²) in [6, 6.07) is 7.15. The zero-order valence-corrected chi connectivity index (χ0v) is 17.3. The van der Waals surface area contributed by atoms with E-state index in [1.54, 1.807) is 39.0 Å². The molecule has 154 valence electrons. The number of nitrogens with one attached hydrogen (secondary N) is 3. The minimum absolute atomic E-state index is 0.162. The van der Waals surface area contributed by atoms with Crippen LogP contribution in [0.3, 0.4) is 0 Å². The molecule has 0 heterocycles. The van der Waals surface area contributed by atoms with Crippen molar-refractivity contribution in [3.05, 3.63) is 40.9 Å². The number of carbonyl (C=O) groups is 3. The van der Waals surface area contributed by atoms with E-state index in [1.165, 1.54) is 6.08 Å². The molecule has 0 saturated heterocycles. The second kappa shape index (κ2) is 12.0. The van der Waals surface area contributed by atoms with E-state index in [1.807, 2.05) is 12.1 Å². The van der Waals surface area contributed by atoms with Gasteiger partial charge in [0.25, 0.3) is 0 Å². The Morgan fingerprint density at radius 2 is 1.64 bits per heavy atom. The fourth-order valence-electron chi connectivity index (χ4n) is 2.01. The molecule has 28 heavy (non-hydrogen) atoms. The standard InChI is InChI=1S/C20H28ClN3O4/c1-20(2,3)28-19(27)24-14-11-18(26)23-13-4-12-22-17(25)10-7-15-5-8-16(21)9-6-15/h5-10H,4,11-14H2,1-3H3,(H,22,25)(H,23,26)(H,24,27)/b10-7+. The molecule has 1 aromatic carbocycles. The highest BCUT2D eigenvalue weighted by Crippen LogP contribution is 2.10. The fraction of sp³-hybridized carbons (Fsp3) is 0.450. The van der Waals surface area contributed by atoms with Crippen LogP contribution in [0.2, 0.25) is 5.02 Å². The van der Waals surface area contributed by atoms with Crippen LogP contribution in [0.15, 0.2) is 30.3 Å². The van der Waals surface area contributed by atoms with Crippen molar-refractivity contribution in [3.8, 4) is 0 Å². The predicted octanol–water partition coefficient (Wildman–Crippen LogP) is 2.89. The van der Waals surface area contributed by atoms with E-state index < -0.39 is 11.7 Å². The lowest BCUT2D eigenvalue weighted by Crippen LogP contribution is -2.35. The van der Waals surface area contributed by atoms with E-state index in [2.05, 4.69) is 16.0 Å². The summed E-state index contributed by atoms with van der Waals surface area (Å²) in [5.74, 6) is -0.382. The monoisotopic (exact) mass is 409 g/mol. The molecule has 0 aliphatic carbocycles. The van der Waals surface area contributed by atoms with E-state index in [-0.39, 0.29) is 24.8 Å². The van der Waals surface area contributed by atoms with Crippen molar-refractivity contribution in [1.82, 2.24) is 16.0 Å². The molecule has 0 unspecified atom stereocenters. The van der Waals surface area contributed by atoms with Gasteiger partial charge in [-0.15, -0.1) is 0 Å². The van der Waals surface area contributed by atoms with Crippen molar-refractivity contribution in [2.75, 3.05) is 19.6 Å². The van der Waals surface area contributed by atoms with Gasteiger partial charge in [-0.25, -0.2) is 4.79 Å². The molecular formula is C20H28ClN3O4. The maximum Gasteiger partial charge on any atom is 0.407 e. The third-order valence-corrected chi connectivity index (χ3v) is 3.54. The molecule has 0 saturated carbocycles. The van der Waals surface area contributed by atoms with Crippen molar-refractivity contribution in [2.45, 2.75) is 39.2 Å². The summed E-state index contributed by atoms with van der Waals surface area (Å²) in [5.41, 5.74) is 0.313. The Kier molecular flexibility index (Phi) is 10.1. The minimum Gasteiger partial charge on any atom is -0.444 e. The van der Waals surface area contributed by atoms with Crippen molar-refractivity contribution >= 4 is 35.6 Å². The quantitative estimate of drug-likeness (QED) is 0.431. The number of benzene rings is 1. The van der Waals surface area contributed by atoms with Crippen LogP contribution < -0.4 is 16.0 Å². The SMILES string of the molecule is CC(C)(C)OC(=O)NCCC(=O)NCCCNC(=O)/C=C/c1ccc(Cl)cc1. The summed E-state index contributed by atoms with van der Waals surface area (Å²) in [7, 11) is 0. The number of carbonyl (C=O) groups excluding carboxylic acids is 3. The van der Waals surface area contributed by atoms with Gasteiger partial charge < -0.3 is 20.7 Å². The number of hydrogen-bond donors (Lipinski definition) is 3. The number of halogens is 1. The molecule has 0 atom stereocenters. The summed E-state index contributed by atoms with van der Waals surface area (Å²) in [6.45, 7) is 6.39. The van der Waals surface area contributed by atoms with Crippen LogP contribution in [0.25, 0.3) is 6.08 Å². The van der Waals surface area contributed by atoms with Gasteiger partial charge in [-0.1, -0.05) is 23.7 Å². The van der Waals surface area contributed by atoms with Gasteiger partial charge in [0.05, 0.1) is 0 Å². The van der Waals surface area contributed by atoms with Gasteiger partial charge in [0.15, 0.2) is 0 Å². The predicted molar refractivity (Wildman–Crippen MR) is 110 cm³/mol. The zero-order valence-electron chi connectivity index (χ0n) is 16.5. The normalized spacial score (nSPS) is 11.1. The van der Waals surface area contributed by atoms with E-state index in [0.717, 1.165) is 5.56 Å². The van der Waals surface area contributed by atoms with Crippen molar-refractivity contribution in [1.29, 1.82) is 0 Å². The first kappa shape index (κ1) is 23.5. The van der Waals surface area contributed by atoms with Gasteiger partial charge in [0.1, 0.15) is 5.60 Å². The lowest BCUT2D eigenvalue weighted by molar-refractivity contribution is -0.120. The first-order chi connectivity index (χ1) is 13.2. The Labute approximate surface area is 170 Å². The highest BCUT2D eigenvalue weighted by Gasteiger charge is 2.15. The van der Waals surface area contributed by atoms with Crippen LogP contribution in [0.1, 0.15) is 39.2 Å². The van der Waals surface area contributed by atoms with Crippen LogP contribution in [0.4, 0.5) is 4.79 Å². The van der Waals surface area contributed by atoms with E-state index in [0.29, 0.717) is 24.5 Å². The summed E-state index contributed by atoms with van der Waals surface area (Å²) < 4.78 is 5.07. The molecule has 0 aliphatic heterocycles. The molecular weight excluding hydrogens is 382 g/mol. The van der Waals surface area contributed by atoms with E-state index in [9.17, 15) is 14.4 Å². The molecule has 0 aromatic heterocycles. The van der Waals surface area contributed by atoms with E-state index in [4.69, 9.17) is 16.3 Å². The van der Waals surface area contributed by atoms with Crippen LogP contribution >= 0.6 is 11.6 Å². The van der Waals surface area contributed by atoms with Gasteiger partial charge in [-0.05, 0) is 51.0 Å². The Morgan fingerprint density at radius 1 is 1.00 bits per heavy atom. The average Bonchev–Trinajstić information content (AvgIpc) is 2.59. The van der Waals surface area contributed by atoms with Crippen LogP contribution in [-0.4, -0.2) is 43.1 Å². The lowest BCUT2D eigenvalue weighted by Gasteiger charge is -2.19. The fourth-order valence-corrected chi connectivity index (χ4v) is 2.14. The zero-order chi connectivity index (χ0) is 21.0. The van der Waals surface area contributed by atoms with Crippen LogP contribution in [-0.2, 0) is 14.3 Å². The third kappa shape index (κ3) is 12.0. The van der Waals surface area contributed by atoms with E-state index >= 15 is 0 Å². The first-order valence-electron chi connectivity index (χ1n) is 9.11. The highest BCUT2D eigenvalue weighted by molar-refractivity contribution is 6.30. The minimum atomic E-state index is -0.569. The van der Waals surface area contributed by atoms with Gasteiger partial charge in [0, 0.05) is 37.2 Å². The molecule has 3 N–H and O–H groups in total. The Bertz CT molecular complexity index is 682. The molecule has 0 fully saturated rings. The summed E-state index contributed by atoms with van der Waals surface area (Å²) in [5, 5.41) is 8.64. The molecule has 0 bridgehead atoms.